The average molecular weight is 580 g/mol. The van der Waals surface area contributed by atoms with Gasteiger partial charge < -0.3 is 24.1 Å². The predicted octanol–water partition coefficient (Wildman–Crippen LogP) is 8.52. The second kappa shape index (κ2) is 19.1. The maximum atomic E-state index is 13.0. The second-order valence-electron chi connectivity index (χ2n) is 11.2. The zero-order valence-electron chi connectivity index (χ0n) is 26.5. The molecule has 1 N–H and O–H groups in total. The predicted molar refractivity (Wildman–Crippen MR) is 172 cm³/mol. The number of benzene rings is 2. The van der Waals surface area contributed by atoms with Crippen LogP contribution in [0.4, 0.5) is 0 Å². The molecule has 3 rings (SSSR count). The van der Waals surface area contributed by atoms with E-state index in [9.17, 15) is 4.79 Å². The number of imidazole rings is 1. The van der Waals surface area contributed by atoms with Crippen LogP contribution in [0, 0.1) is 0 Å². The van der Waals surface area contributed by atoms with Crippen LogP contribution in [0.2, 0.25) is 0 Å². The summed E-state index contributed by atoms with van der Waals surface area (Å²) < 4.78 is 18.5. The number of hydrogen-bond donors (Lipinski definition) is 1. The topological polar surface area (TPSA) is 74.6 Å². The summed E-state index contributed by atoms with van der Waals surface area (Å²) in [5, 5.41) is 3.03. The summed E-state index contributed by atoms with van der Waals surface area (Å²) in [7, 11) is 4.63. The fourth-order valence-corrected chi connectivity index (χ4v) is 5.63. The first-order chi connectivity index (χ1) is 20.6. The van der Waals surface area contributed by atoms with Crippen molar-refractivity contribution < 1.29 is 19.0 Å². The number of amides is 1. The molecule has 1 heterocycles. The third kappa shape index (κ3) is 10.2. The molecule has 1 amide bonds. The van der Waals surface area contributed by atoms with E-state index in [1.165, 1.54) is 83.5 Å². The van der Waals surface area contributed by atoms with Crippen molar-refractivity contribution >= 4 is 16.9 Å². The Morgan fingerprint density at radius 2 is 1.31 bits per heavy atom. The minimum atomic E-state index is -0.191. The smallest absolute Gasteiger partial charge is 0.251 e. The van der Waals surface area contributed by atoms with Gasteiger partial charge >= 0.3 is 0 Å². The molecule has 1 aromatic heterocycles. The van der Waals surface area contributed by atoms with Crippen LogP contribution in [-0.2, 0) is 13.0 Å². The van der Waals surface area contributed by atoms with Gasteiger partial charge in [0.1, 0.15) is 5.82 Å². The van der Waals surface area contributed by atoms with Gasteiger partial charge in [-0.1, -0.05) is 103 Å². The summed E-state index contributed by atoms with van der Waals surface area (Å²) in [4.78, 5) is 17.9. The van der Waals surface area contributed by atoms with E-state index in [0.29, 0.717) is 35.8 Å². The molecule has 0 saturated carbocycles. The van der Waals surface area contributed by atoms with Crippen molar-refractivity contribution in [3.63, 3.8) is 0 Å². The first kappa shape index (κ1) is 33.3. The van der Waals surface area contributed by atoms with Gasteiger partial charge in [-0.2, -0.15) is 0 Å². The molecule has 0 aliphatic heterocycles. The van der Waals surface area contributed by atoms with Crippen molar-refractivity contribution in [1.82, 2.24) is 14.9 Å². The van der Waals surface area contributed by atoms with Gasteiger partial charge in [0.15, 0.2) is 11.5 Å². The highest BCUT2D eigenvalue weighted by atomic mass is 16.5. The molecule has 42 heavy (non-hydrogen) atoms. The molecular weight excluding hydrogens is 526 g/mol. The highest BCUT2D eigenvalue weighted by Crippen LogP contribution is 2.38. The van der Waals surface area contributed by atoms with Gasteiger partial charge in [-0.3, -0.25) is 4.79 Å². The quantitative estimate of drug-likeness (QED) is 0.121. The number of nitrogens with zero attached hydrogens (tertiary/aromatic N) is 2. The highest BCUT2D eigenvalue weighted by molar-refractivity contribution is 5.95. The lowest BCUT2D eigenvalue weighted by atomic mass is 10.0. The van der Waals surface area contributed by atoms with Gasteiger partial charge in [0.05, 0.1) is 32.4 Å². The van der Waals surface area contributed by atoms with Crippen LogP contribution in [0.15, 0.2) is 36.4 Å². The fraction of sp³-hybridized carbons (Fsp3) is 0.600. The molecule has 0 aliphatic carbocycles. The minimum Gasteiger partial charge on any atom is -0.493 e. The normalized spacial score (nSPS) is 11.1. The van der Waals surface area contributed by atoms with Crippen LogP contribution in [0.25, 0.3) is 11.0 Å². The number of aryl methyl sites for hydroxylation is 1. The van der Waals surface area contributed by atoms with Crippen molar-refractivity contribution in [2.45, 2.75) is 110 Å². The molecule has 232 valence electrons. The molecule has 7 nitrogen and oxygen atoms in total. The molecule has 0 unspecified atom stereocenters. The van der Waals surface area contributed by atoms with Crippen LogP contribution in [0.3, 0.4) is 0 Å². The Kier molecular flexibility index (Phi) is 15.1. The summed E-state index contributed by atoms with van der Waals surface area (Å²) in [6, 6.07) is 11.6. The van der Waals surface area contributed by atoms with Crippen molar-refractivity contribution in [2.75, 3.05) is 27.9 Å². The third-order valence-electron chi connectivity index (χ3n) is 8.03. The number of unbranched alkanes of at least 4 members (excludes halogenated alkanes) is 13. The molecule has 0 aliphatic rings. The maximum absolute atomic E-state index is 13.0. The number of hydrogen-bond acceptors (Lipinski definition) is 5. The lowest BCUT2D eigenvalue weighted by Crippen LogP contribution is -2.26. The number of rotatable bonds is 22. The van der Waals surface area contributed by atoms with Gasteiger partial charge in [0.2, 0.25) is 5.75 Å². The Labute approximate surface area is 253 Å². The Hall–Kier alpha value is -3.22. The van der Waals surface area contributed by atoms with Gasteiger partial charge in [-0.05, 0) is 30.7 Å². The number of carbonyl (C=O) groups excluding carboxylic acids is 1. The monoisotopic (exact) mass is 579 g/mol. The Balaban J connectivity index is 1.42. The molecule has 3 aromatic rings. The van der Waals surface area contributed by atoms with E-state index in [1.807, 2.05) is 6.07 Å². The first-order valence-corrected chi connectivity index (χ1v) is 16.1. The fourth-order valence-electron chi connectivity index (χ4n) is 5.63. The minimum absolute atomic E-state index is 0.191. The number of ether oxygens (including phenoxy) is 3. The summed E-state index contributed by atoms with van der Waals surface area (Å²) in [5.74, 6) is 2.20. The van der Waals surface area contributed by atoms with Crippen molar-refractivity contribution in [2.24, 2.45) is 0 Å². The number of aromatic nitrogens is 2. The summed E-state index contributed by atoms with van der Waals surface area (Å²) in [5.41, 5.74) is 2.63. The summed E-state index contributed by atoms with van der Waals surface area (Å²) in [6.45, 7) is 3.72. The zero-order chi connectivity index (χ0) is 30.0. The molecule has 0 saturated heterocycles. The Bertz CT molecular complexity index is 1180. The largest absolute Gasteiger partial charge is 0.493 e. The Morgan fingerprint density at radius 1 is 0.762 bits per heavy atom. The van der Waals surface area contributed by atoms with E-state index < -0.39 is 0 Å². The summed E-state index contributed by atoms with van der Waals surface area (Å²) >= 11 is 0. The van der Waals surface area contributed by atoms with Crippen LogP contribution >= 0.6 is 0 Å². The van der Waals surface area contributed by atoms with E-state index in [2.05, 4.69) is 35.0 Å². The Morgan fingerprint density at radius 3 is 1.86 bits per heavy atom. The van der Waals surface area contributed by atoms with Crippen molar-refractivity contribution in [3.05, 3.63) is 47.8 Å². The third-order valence-corrected chi connectivity index (χ3v) is 8.03. The van der Waals surface area contributed by atoms with Crippen molar-refractivity contribution in [3.8, 4) is 17.2 Å². The average Bonchev–Trinajstić information content (AvgIpc) is 3.37. The number of methoxy groups -OCH3 is 3. The van der Waals surface area contributed by atoms with E-state index in [4.69, 9.17) is 19.2 Å². The number of carbonyl (C=O) groups is 1. The first-order valence-electron chi connectivity index (χ1n) is 16.1. The number of fused-ring (bicyclic) bond motifs is 1. The second-order valence-corrected chi connectivity index (χ2v) is 11.2. The van der Waals surface area contributed by atoms with Crippen LogP contribution in [0.5, 0.6) is 17.2 Å². The van der Waals surface area contributed by atoms with Gasteiger partial charge in [-0.15, -0.1) is 0 Å². The highest BCUT2D eigenvalue weighted by Gasteiger charge is 2.17. The van der Waals surface area contributed by atoms with E-state index in [-0.39, 0.29) is 5.91 Å². The lowest BCUT2D eigenvalue weighted by Gasteiger charge is -2.14. The molecule has 0 radical (unpaired) electrons. The molecule has 0 bridgehead atoms. The van der Waals surface area contributed by atoms with Gasteiger partial charge in [0, 0.05) is 25.1 Å². The molecule has 7 heteroatoms. The van der Waals surface area contributed by atoms with E-state index >= 15 is 0 Å². The maximum Gasteiger partial charge on any atom is 0.251 e. The number of para-hydroxylation sites is 2. The van der Waals surface area contributed by atoms with Crippen LogP contribution in [-0.4, -0.2) is 43.3 Å². The molecule has 2 aromatic carbocycles. The van der Waals surface area contributed by atoms with Crippen molar-refractivity contribution in [1.29, 1.82) is 0 Å². The SMILES string of the molecule is CCCCCCCCCCCCCCCCn1c(CCNC(=O)c2cc(OC)c(OC)c(OC)c2)nc2ccccc21. The standard InChI is InChI=1S/C35H53N3O4/c1-5-6-7-8-9-10-11-12-13-14-15-16-17-20-25-38-30-22-19-18-21-29(30)37-33(38)23-24-36-35(39)28-26-31(40-2)34(42-4)32(27-28)41-3/h18-19,21-22,26-27H,5-17,20,23-25H2,1-4H3,(H,36,39). The molecule has 0 fully saturated rings. The van der Waals surface area contributed by atoms with Crippen LogP contribution in [0.1, 0.15) is 113 Å². The molecule has 0 spiro atoms. The summed E-state index contributed by atoms with van der Waals surface area (Å²) in [6.07, 6.45) is 19.6. The van der Waals surface area contributed by atoms with Gasteiger partial charge in [-0.25, -0.2) is 4.98 Å². The van der Waals surface area contributed by atoms with Gasteiger partial charge in [0.25, 0.3) is 5.91 Å². The molecular formula is C35H53N3O4. The van der Waals surface area contributed by atoms with Crippen LogP contribution < -0.4 is 19.5 Å². The van der Waals surface area contributed by atoms with E-state index in [1.54, 1.807) is 33.5 Å². The lowest BCUT2D eigenvalue weighted by molar-refractivity contribution is 0.0953. The van der Waals surface area contributed by atoms with E-state index in [0.717, 1.165) is 29.8 Å². The zero-order valence-corrected chi connectivity index (χ0v) is 26.5. The number of nitrogens with one attached hydrogen (secondary N) is 1. The molecule has 0 atom stereocenters.